The Morgan fingerprint density at radius 3 is 2.29 bits per heavy atom. The van der Waals surface area contributed by atoms with Crippen molar-refractivity contribution >= 4 is 17.8 Å². The van der Waals surface area contributed by atoms with Gasteiger partial charge < -0.3 is 0 Å². The number of benzene rings is 2. The molecule has 0 N–H and O–H groups in total. The van der Waals surface area contributed by atoms with Gasteiger partial charge in [0, 0.05) is 0 Å². The Kier molecular flexibility index (Phi) is 3.94. The Hall–Kier alpha value is -1.61. The smallest absolute Gasteiger partial charge is 0.161 e. The average molecular weight is 248 g/mol. The molecule has 17 heavy (non-hydrogen) atoms. The summed E-state index contributed by atoms with van der Waals surface area (Å²) in [5.41, 5.74) is 0.758. The molecule has 2 aromatic rings. The molecule has 0 bridgehead atoms. The first-order chi connectivity index (χ1) is 8.25. The Balaban J connectivity index is 2.15. The van der Waals surface area contributed by atoms with Gasteiger partial charge in [0.1, 0.15) is 5.82 Å². The van der Waals surface area contributed by atoms with Gasteiger partial charge in [0.2, 0.25) is 0 Å². The minimum Gasteiger partial charge on any atom is -0.206 e. The molecule has 0 fully saturated rings. The van der Waals surface area contributed by atoms with Crippen LogP contribution in [0.2, 0.25) is 0 Å². The number of halogens is 2. The van der Waals surface area contributed by atoms with Gasteiger partial charge in [-0.15, -0.1) is 0 Å². The number of thioether (sulfide) groups is 1. The third kappa shape index (κ3) is 3.43. The summed E-state index contributed by atoms with van der Waals surface area (Å²) in [6.07, 6.45) is 1.39. The van der Waals surface area contributed by atoms with Gasteiger partial charge >= 0.3 is 0 Å². The zero-order valence-corrected chi connectivity index (χ0v) is 9.75. The second-order valence-electron chi connectivity index (χ2n) is 3.39. The van der Waals surface area contributed by atoms with Crippen LogP contribution in [-0.4, -0.2) is 0 Å². The lowest BCUT2D eigenvalue weighted by atomic mass is 10.2. The normalized spacial score (nSPS) is 11.5. The summed E-state index contributed by atoms with van der Waals surface area (Å²) < 4.78 is 26.9. The first-order valence-corrected chi connectivity index (χ1v) is 5.92. The van der Waals surface area contributed by atoms with E-state index in [4.69, 9.17) is 0 Å². The summed E-state index contributed by atoms with van der Waals surface area (Å²) in [6.45, 7) is 0. The van der Waals surface area contributed by atoms with Gasteiger partial charge in [0.25, 0.3) is 0 Å². The SMILES string of the molecule is FC(=Cc1ccccc1)Sc1ccccc1F. The topological polar surface area (TPSA) is 0 Å². The second-order valence-corrected chi connectivity index (χ2v) is 4.43. The summed E-state index contributed by atoms with van der Waals surface area (Å²) >= 11 is 0.784. The molecule has 2 aromatic carbocycles. The highest BCUT2D eigenvalue weighted by Crippen LogP contribution is 2.30. The van der Waals surface area contributed by atoms with Crippen molar-refractivity contribution in [3.8, 4) is 0 Å². The van der Waals surface area contributed by atoms with Crippen molar-refractivity contribution in [1.29, 1.82) is 0 Å². The van der Waals surface area contributed by atoms with E-state index in [1.165, 1.54) is 12.1 Å². The summed E-state index contributed by atoms with van der Waals surface area (Å²) in [6, 6.07) is 15.2. The van der Waals surface area contributed by atoms with E-state index in [-0.39, 0.29) is 4.90 Å². The minimum atomic E-state index is -0.429. The van der Waals surface area contributed by atoms with E-state index in [1.54, 1.807) is 30.3 Å². The van der Waals surface area contributed by atoms with E-state index in [0.29, 0.717) is 0 Å². The van der Waals surface area contributed by atoms with Gasteiger partial charge in [-0.1, -0.05) is 54.2 Å². The molecular weight excluding hydrogens is 238 g/mol. The largest absolute Gasteiger partial charge is 0.206 e. The highest BCUT2D eigenvalue weighted by molar-refractivity contribution is 8.03. The highest BCUT2D eigenvalue weighted by atomic mass is 32.2. The predicted octanol–water partition coefficient (Wildman–Crippen LogP) is 4.89. The third-order valence-corrected chi connectivity index (χ3v) is 2.99. The van der Waals surface area contributed by atoms with Crippen molar-refractivity contribution in [2.24, 2.45) is 0 Å². The van der Waals surface area contributed by atoms with Crippen LogP contribution >= 0.6 is 11.8 Å². The molecule has 0 atom stereocenters. The molecule has 0 aliphatic heterocycles. The molecule has 86 valence electrons. The van der Waals surface area contributed by atoms with Crippen LogP contribution in [0.5, 0.6) is 0 Å². The van der Waals surface area contributed by atoms with Crippen LogP contribution < -0.4 is 0 Å². The number of hydrogen-bond acceptors (Lipinski definition) is 1. The summed E-state index contributed by atoms with van der Waals surface area (Å²) in [4.78, 5) is 0.289. The molecule has 0 saturated heterocycles. The maximum atomic E-state index is 13.6. The molecule has 0 aliphatic carbocycles. The molecule has 3 heteroatoms. The predicted molar refractivity (Wildman–Crippen MR) is 67.8 cm³/mol. The average Bonchev–Trinajstić information content (AvgIpc) is 2.33. The van der Waals surface area contributed by atoms with E-state index in [2.05, 4.69) is 0 Å². The molecule has 0 amide bonds. The van der Waals surface area contributed by atoms with E-state index in [0.717, 1.165) is 17.3 Å². The van der Waals surface area contributed by atoms with Crippen LogP contribution in [0.3, 0.4) is 0 Å². The quantitative estimate of drug-likeness (QED) is 0.697. The molecule has 0 radical (unpaired) electrons. The van der Waals surface area contributed by atoms with E-state index in [9.17, 15) is 8.78 Å². The lowest BCUT2D eigenvalue weighted by Gasteiger charge is -2.00. The summed E-state index contributed by atoms with van der Waals surface area (Å²) in [5, 5.41) is -0.429. The maximum absolute atomic E-state index is 13.6. The van der Waals surface area contributed by atoms with Crippen LogP contribution in [0.15, 0.2) is 64.7 Å². The van der Waals surface area contributed by atoms with Gasteiger partial charge in [0.15, 0.2) is 5.16 Å². The first-order valence-electron chi connectivity index (χ1n) is 5.10. The fourth-order valence-corrected chi connectivity index (χ4v) is 2.06. The van der Waals surface area contributed by atoms with Crippen molar-refractivity contribution in [3.05, 3.63) is 71.1 Å². The van der Waals surface area contributed by atoms with Crippen LogP contribution in [0.25, 0.3) is 6.08 Å². The summed E-state index contributed by atoms with van der Waals surface area (Å²) in [5.74, 6) is -0.408. The number of rotatable bonds is 3. The van der Waals surface area contributed by atoms with E-state index in [1.807, 2.05) is 18.2 Å². The fraction of sp³-hybridized carbons (Fsp3) is 0. The van der Waals surface area contributed by atoms with E-state index >= 15 is 0 Å². The standard InChI is InChI=1S/C14H10F2S/c15-12-8-4-5-9-13(12)17-14(16)10-11-6-2-1-3-7-11/h1-10H. The lowest BCUT2D eigenvalue weighted by Crippen LogP contribution is -1.79. The van der Waals surface area contributed by atoms with Gasteiger partial charge in [-0.25, -0.2) is 4.39 Å². The van der Waals surface area contributed by atoms with Crippen LogP contribution in [0.4, 0.5) is 8.78 Å². The maximum Gasteiger partial charge on any atom is 0.161 e. The van der Waals surface area contributed by atoms with Crippen molar-refractivity contribution in [2.45, 2.75) is 4.90 Å². The molecule has 0 nitrogen and oxygen atoms in total. The molecular formula is C14H10F2S. The fourth-order valence-electron chi connectivity index (χ4n) is 1.34. The van der Waals surface area contributed by atoms with Crippen molar-refractivity contribution in [3.63, 3.8) is 0 Å². The zero-order valence-electron chi connectivity index (χ0n) is 8.94. The molecule has 0 unspecified atom stereocenters. The van der Waals surface area contributed by atoms with Gasteiger partial charge in [-0.3, -0.25) is 0 Å². The third-order valence-electron chi connectivity index (χ3n) is 2.12. The Morgan fingerprint density at radius 2 is 1.59 bits per heavy atom. The van der Waals surface area contributed by atoms with Crippen molar-refractivity contribution in [2.75, 3.05) is 0 Å². The summed E-state index contributed by atoms with van der Waals surface area (Å²) in [7, 11) is 0. The van der Waals surface area contributed by atoms with Crippen molar-refractivity contribution < 1.29 is 8.78 Å². The molecule has 0 spiro atoms. The Morgan fingerprint density at radius 1 is 0.941 bits per heavy atom. The minimum absolute atomic E-state index is 0.289. The van der Waals surface area contributed by atoms with Crippen LogP contribution in [0.1, 0.15) is 5.56 Å². The monoisotopic (exact) mass is 248 g/mol. The van der Waals surface area contributed by atoms with Crippen molar-refractivity contribution in [1.82, 2.24) is 0 Å². The molecule has 2 rings (SSSR count). The molecule has 0 aliphatic rings. The van der Waals surface area contributed by atoms with Gasteiger partial charge in [-0.2, -0.15) is 4.39 Å². The zero-order chi connectivity index (χ0) is 12.1. The van der Waals surface area contributed by atoms with Crippen LogP contribution in [0, 0.1) is 5.82 Å². The van der Waals surface area contributed by atoms with E-state index < -0.39 is 11.0 Å². The Labute approximate surface area is 103 Å². The highest BCUT2D eigenvalue weighted by Gasteiger charge is 2.04. The second kappa shape index (κ2) is 5.64. The first kappa shape index (κ1) is 11.9. The molecule has 0 aromatic heterocycles. The Bertz CT molecular complexity index is 521. The van der Waals surface area contributed by atoms with Gasteiger partial charge in [-0.05, 0) is 23.8 Å². The number of hydrogen-bond donors (Lipinski definition) is 0. The molecule has 0 heterocycles. The van der Waals surface area contributed by atoms with Gasteiger partial charge in [0.05, 0.1) is 4.90 Å². The van der Waals surface area contributed by atoms with Crippen LogP contribution in [-0.2, 0) is 0 Å². The molecule has 0 saturated carbocycles. The lowest BCUT2D eigenvalue weighted by molar-refractivity contribution is 0.601.